The molecule has 0 saturated carbocycles. The Labute approximate surface area is 98.8 Å². The first-order valence-electron chi connectivity index (χ1n) is 4.59. The summed E-state index contributed by atoms with van der Waals surface area (Å²) in [7, 11) is 1.64. The highest BCUT2D eigenvalue weighted by atomic mass is 35.5. The standard InChI is InChI=1S/C11H11Cl2NO/c1-15-9-3-2-7-4-8(6-12)11(13)14-10(7)5-9/h2-5,11,14H,6H2,1H3. The molecule has 0 fully saturated rings. The van der Waals surface area contributed by atoms with E-state index < -0.39 is 0 Å². The number of halogens is 2. The minimum atomic E-state index is -0.234. The number of alkyl halides is 2. The van der Waals surface area contributed by atoms with E-state index in [2.05, 4.69) is 5.32 Å². The van der Waals surface area contributed by atoms with Crippen LogP contribution in [0.3, 0.4) is 0 Å². The van der Waals surface area contributed by atoms with Gasteiger partial charge in [-0.05, 0) is 29.3 Å². The average Bonchev–Trinajstić information content (AvgIpc) is 2.27. The second-order valence-electron chi connectivity index (χ2n) is 3.31. The quantitative estimate of drug-likeness (QED) is 0.636. The molecule has 0 aromatic heterocycles. The number of benzene rings is 1. The van der Waals surface area contributed by atoms with Crippen LogP contribution in [0.25, 0.3) is 6.08 Å². The molecule has 0 amide bonds. The van der Waals surface area contributed by atoms with Gasteiger partial charge in [0.05, 0.1) is 7.11 Å². The number of ether oxygens (including phenoxy) is 1. The number of rotatable bonds is 2. The molecular weight excluding hydrogens is 233 g/mol. The lowest BCUT2D eigenvalue weighted by molar-refractivity contribution is 0.415. The first kappa shape index (κ1) is 10.7. The molecule has 1 N–H and O–H groups in total. The van der Waals surface area contributed by atoms with Crippen LogP contribution in [0.15, 0.2) is 23.8 Å². The van der Waals surface area contributed by atoms with Gasteiger partial charge in [0, 0.05) is 17.6 Å². The van der Waals surface area contributed by atoms with Crippen molar-refractivity contribution in [1.82, 2.24) is 0 Å². The predicted octanol–water partition coefficient (Wildman–Crippen LogP) is 3.31. The molecule has 4 heteroatoms. The average molecular weight is 244 g/mol. The summed E-state index contributed by atoms with van der Waals surface area (Å²) in [5.41, 5.74) is 2.81. The molecule has 1 aromatic rings. The smallest absolute Gasteiger partial charge is 0.124 e. The topological polar surface area (TPSA) is 21.3 Å². The first-order valence-corrected chi connectivity index (χ1v) is 5.57. The molecule has 1 unspecified atom stereocenters. The van der Waals surface area contributed by atoms with Crippen molar-refractivity contribution in [3.63, 3.8) is 0 Å². The molecule has 0 aliphatic carbocycles. The monoisotopic (exact) mass is 243 g/mol. The van der Waals surface area contributed by atoms with Crippen LogP contribution in [-0.2, 0) is 0 Å². The van der Waals surface area contributed by atoms with E-state index in [0.717, 1.165) is 22.6 Å². The molecule has 1 atom stereocenters. The molecule has 2 rings (SSSR count). The van der Waals surface area contributed by atoms with E-state index in [4.69, 9.17) is 27.9 Å². The SMILES string of the molecule is COc1ccc2c(c1)NC(Cl)C(CCl)=C2. The molecule has 0 radical (unpaired) electrons. The van der Waals surface area contributed by atoms with Crippen LogP contribution < -0.4 is 10.1 Å². The molecule has 15 heavy (non-hydrogen) atoms. The third-order valence-corrected chi connectivity index (χ3v) is 3.06. The molecule has 1 aliphatic heterocycles. The number of fused-ring (bicyclic) bond motifs is 1. The number of hydrogen-bond donors (Lipinski definition) is 1. The molecule has 0 spiro atoms. The number of hydrogen-bond acceptors (Lipinski definition) is 2. The fourth-order valence-corrected chi connectivity index (χ4v) is 2.09. The Bertz CT molecular complexity index is 404. The van der Waals surface area contributed by atoms with E-state index in [0.29, 0.717) is 5.88 Å². The van der Waals surface area contributed by atoms with E-state index in [1.54, 1.807) is 7.11 Å². The Hall–Kier alpha value is -0.860. The maximum Gasteiger partial charge on any atom is 0.124 e. The molecule has 0 saturated heterocycles. The zero-order valence-corrected chi connectivity index (χ0v) is 9.77. The number of anilines is 1. The Morgan fingerprint density at radius 1 is 1.47 bits per heavy atom. The molecule has 2 nitrogen and oxygen atoms in total. The first-order chi connectivity index (χ1) is 7.24. The van der Waals surface area contributed by atoms with Crippen molar-refractivity contribution in [2.45, 2.75) is 5.50 Å². The Balaban J connectivity index is 2.41. The fraction of sp³-hybridized carbons (Fsp3) is 0.273. The van der Waals surface area contributed by atoms with E-state index >= 15 is 0 Å². The van der Waals surface area contributed by atoms with E-state index in [-0.39, 0.29) is 5.50 Å². The van der Waals surface area contributed by atoms with Gasteiger partial charge >= 0.3 is 0 Å². The van der Waals surface area contributed by atoms with Crippen LogP contribution in [0.5, 0.6) is 5.75 Å². The molecule has 1 aromatic carbocycles. The Morgan fingerprint density at radius 2 is 2.27 bits per heavy atom. The maximum atomic E-state index is 6.10. The predicted molar refractivity (Wildman–Crippen MR) is 65.0 cm³/mol. The van der Waals surface area contributed by atoms with Gasteiger partial charge in [0.25, 0.3) is 0 Å². The van der Waals surface area contributed by atoms with Gasteiger partial charge < -0.3 is 10.1 Å². The lowest BCUT2D eigenvalue weighted by Gasteiger charge is -2.23. The van der Waals surface area contributed by atoms with Gasteiger partial charge in [0.15, 0.2) is 0 Å². The second kappa shape index (κ2) is 4.33. The third-order valence-electron chi connectivity index (χ3n) is 2.36. The fourth-order valence-electron chi connectivity index (χ4n) is 1.52. The summed E-state index contributed by atoms with van der Waals surface area (Å²) in [5.74, 6) is 1.25. The van der Waals surface area contributed by atoms with E-state index in [1.165, 1.54) is 0 Å². The molecule has 0 bridgehead atoms. The molecule has 1 heterocycles. The van der Waals surface area contributed by atoms with Crippen molar-refractivity contribution in [2.75, 3.05) is 18.3 Å². The third kappa shape index (κ3) is 2.06. The van der Waals surface area contributed by atoms with E-state index in [1.807, 2.05) is 24.3 Å². The van der Waals surface area contributed by atoms with Crippen molar-refractivity contribution in [2.24, 2.45) is 0 Å². The van der Waals surface area contributed by atoms with Crippen LogP contribution >= 0.6 is 23.2 Å². The largest absolute Gasteiger partial charge is 0.497 e. The van der Waals surface area contributed by atoms with Gasteiger partial charge in [-0.1, -0.05) is 11.6 Å². The van der Waals surface area contributed by atoms with Crippen LogP contribution in [-0.4, -0.2) is 18.5 Å². The zero-order chi connectivity index (χ0) is 10.8. The van der Waals surface area contributed by atoms with Crippen molar-refractivity contribution in [3.8, 4) is 5.75 Å². The summed E-state index contributed by atoms with van der Waals surface area (Å²) in [4.78, 5) is 0. The van der Waals surface area contributed by atoms with Gasteiger partial charge in [0.2, 0.25) is 0 Å². The highest BCUT2D eigenvalue weighted by Crippen LogP contribution is 2.31. The normalized spacial score (nSPS) is 18.9. The van der Waals surface area contributed by atoms with Crippen LogP contribution in [0.1, 0.15) is 5.56 Å². The minimum Gasteiger partial charge on any atom is -0.497 e. The second-order valence-corrected chi connectivity index (χ2v) is 4.02. The van der Waals surface area contributed by atoms with Crippen LogP contribution in [0.4, 0.5) is 5.69 Å². The summed E-state index contributed by atoms with van der Waals surface area (Å²) < 4.78 is 5.14. The summed E-state index contributed by atoms with van der Waals surface area (Å²) in [6, 6.07) is 5.82. The lowest BCUT2D eigenvalue weighted by Crippen LogP contribution is -2.20. The highest BCUT2D eigenvalue weighted by molar-refractivity contribution is 6.27. The maximum absolute atomic E-state index is 6.10. The Morgan fingerprint density at radius 3 is 2.93 bits per heavy atom. The van der Waals surface area contributed by atoms with Gasteiger partial charge in [-0.15, -0.1) is 11.6 Å². The van der Waals surface area contributed by atoms with Crippen molar-refractivity contribution >= 4 is 35.0 Å². The summed E-state index contributed by atoms with van der Waals surface area (Å²) >= 11 is 11.9. The number of nitrogens with one attached hydrogen (secondary N) is 1. The summed E-state index contributed by atoms with van der Waals surface area (Å²) in [6.45, 7) is 0. The minimum absolute atomic E-state index is 0.234. The van der Waals surface area contributed by atoms with Crippen molar-refractivity contribution in [3.05, 3.63) is 29.3 Å². The highest BCUT2D eigenvalue weighted by Gasteiger charge is 2.17. The number of methoxy groups -OCH3 is 1. The van der Waals surface area contributed by atoms with Gasteiger partial charge in [-0.2, -0.15) is 0 Å². The van der Waals surface area contributed by atoms with Crippen molar-refractivity contribution < 1.29 is 4.74 Å². The molecule has 80 valence electrons. The van der Waals surface area contributed by atoms with Crippen LogP contribution in [0, 0.1) is 0 Å². The molecular formula is C11H11Cl2NO. The van der Waals surface area contributed by atoms with Gasteiger partial charge in [-0.3, -0.25) is 0 Å². The van der Waals surface area contributed by atoms with Crippen molar-refractivity contribution in [1.29, 1.82) is 0 Å². The summed E-state index contributed by atoms with van der Waals surface area (Å²) in [5, 5.41) is 3.17. The summed E-state index contributed by atoms with van der Waals surface area (Å²) in [6.07, 6.45) is 2.01. The Kier molecular flexibility index (Phi) is 3.08. The lowest BCUT2D eigenvalue weighted by atomic mass is 10.1. The van der Waals surface area contributed by atoms with Crippen LogP contribution in [0.2, 0.25) is 0 Å². The zero-order valence-electron chi connectivity index (χ0n) is 8.26. The van der Waals surface area contributed by atoms with Gasteiger partial charge in [0.1, 0.15) is 11.3 Å². The van der Waals surface area contributed by atoms with E-state index in [9.17, 15) is 0 Å². The molecule has 1 aliphatic rings. The van der Waals surface area contributed by atoms with Gasteiger partial charge in [-0.25, -0.2) is 0 Å².